The number of nitrogens with zero attached hydrogens (tertiary/aromatic N) is 1. The molecule has 20 heavy (non-hydrogen) atoms. The van der Waals surface area contributed by atoms with Crippen LogP contribution >= 0.6 is 0 Å². The first kappa shape index (κ1) is 14.0. The highest BCUT2D eigenvalue weighted by atomic mass is 16.2. The number of rotatable bonds is 5. The fraction of sp³-hybridized carbons (Fsp3) is 0.357. The van der Waals surface area contributed by atoms with E-state index in [1.165, 1.54) is 4.90 Å². The Morgan fingerprint density at radius 1 is 1.25 bits per heavy atom. The number of hydrogen-bond donors (Lipinski definition) is 2. The van der Waals surface area contributed by atoms with Crippen LogP contribution in [0.2, 0.25) is 0 Å². The summed E-state index contributed by atoms with van der Waals surface area (Å²) < 4.78 is 0. The van der Waals surface area contributed by atoms with Gasteiger partial charge in [0.1, 0.15) is 12.1 Å². The lowest BCUT2D eigenvalue weighted by molar-refractivity contribution is -0.141. The monoisotopic (exact) mass is 275 g/mol. The molecular formula is C14H17N3O3. The van der Waals surface area contributed by atoms with Crippen molar-refractivity contribution in [1.29, 1.82) is 0 Å². The van der Waals surface area contributed by atoms with Crippen LogP contribution in [0.15, 0.2) is 30.3 Å². The van der Waals surface area contributed by atoms with Crippen molar-refractivity contribution < 1.29 is 14.4 Å². The van der Waals surface area contributed by atoms with Gasteiger partial charge < -0.3 is 16.4 Å². The second kappa shape index (κ2) is 5.73. The predicted molar refractivity (Wildman–Crippen MR) is 72.2 cm³/mol. The molecule has 2 atom stereocenters. The number of carbonyl (C=O) groups is 3. The average molecular weight is 275 g/mol. The molecule has 1 aliphatic heterocycles. The quantitative estimate of drug-likeness (QED) is 0.760. The fourth-order valence-corrected chi connectivity index (χ4v) is 2.55. The Balaban J connectivity index is 2.26. The van der Waals surface area contributed by atoms with Gasteiger partial charge in [0.15, 0.2) is 0 Å². The van der Waals surface area contributed by atoms with Crippen molar-refractivity contribution in [1.82, 2.24) is 4.90 Å². The molecule has 6 heteroatoms. The zero-order valence-electron chi connectivity index (χ0n) is 11.0. The molecule has 2 rings (SSSR count). The highest BCUT2D eigenvalue weighted by Crippen LogP contribution is 2.23. The zero-order valence-corrected chi connectivity index (χ0v) is 11.0. The molecule has 0 bridgehead atoms. The molecule has 0 radical (unpaired) electrons. The van der Waals surface area contributed by atoms with E-state index in [-0.39, 0.29) is 18.7 Å². The van der Waals surface area contributed by atoms with E-state index in [4.69, 9.17) is 11.5 Å². The minimum absolute atomic E-state index is 0.214. The number of benzene rings is 1. The normalized spacial score (nSPS) is 19.9. The van der Waals surface area contributed by atoms with Crippen molar-refractivity contribution in [2.45, 2.75) is 31.3 Å². The number of carbonyl (C=O) groups excluding carboxylic acids is 3. The third-order valence-electron chi connectivity index (χ3n) is 3.52. The van der Waals surface area contributed by atoms with Gasteiger partial charge in [0.05, 0.1) is 0 Å². The van der Waals surface area contributed by atoms with Crippen LogP contribution in [0.5, 0.6) is 0 Å². The van der Waals surface area contributed by atoms with Crippen molar-refractivity contribution in [2.24, 2.45) is 11.5 Å². The summed E-state index contributed by atoms with van der Waals surface area (Å²) in [6.07, 6.45) is 0.838. The first-order valence-electron chi connectivity index (χ1n) is 6.44. The highest BCUT2D eigenvalue weighted by molar-refractivity contribution is 5.94. The van der Waals surface area contributed by atoms with Gasteiger partial charge in [0, 0.05) is 12.8 Å². The summed E-state index contributed by atoms with van der Waals surface area (Å²) in [7, 11) is 0. The largest absolute Gasteiger partial charge is 0.368 e. The van der Waals surface area contributed by atoms with E-state index in [1.807, 2.05) is 30.3 Å². The SMILES string of the molecule is NC(=O)C1CCC(=O)N1[C@@H](Cc1ccccc1)C(N)=O. The summed E-state index contributed by atoms with van der Waals surface area (Å²) in [6.45, 7) is 0. The topological polar surface area (TPSA) is 106 Å². The van der Waals surface area contributed by atoms with E-state index < -0.39 is 23.9 Å². The van der Waals surface area contributed by atoms with Crippen LogP contribution in [0, 0.1) is 0 Å². The summed E-state index contributed by atoms with van der Waals surface area (Å²) in [5.74, 6) is -1.49. The molecule has 1 aromatic rings. The molecule has 1 aromatic carbocycles. The van der Waals surface area contributed by atoms with Gasteiger partial charge in [-0.3, -0.25) is 14.4 Å². The molecule has 1 aliphatic rings. The summed E-state index contributed by atoms with van der Waals surface area (Å²) >= 11 is 0. The maximum atomic E-state index is 11.9. The Morgan fingerprint density at radius 3 is 2.45 bits per heavy atom. The van der Waals surface area contributed by atoms with Crippen LogP contribution in [-0.4, -0.2) is 34.7 Å². The standard InChI is InChI=1S/C14H17N3O3/c15-13(19)10-6-7-12(18)17(10)11(14(16)20)8-9-4-2-1-3-5-9/h1-5,10-11H,6-8H2,(H2,15,19)(H2,16,20)/t10?,11-/m0/s1. The molecule has 1 heterocycles. The maximum absolute atomic E-state index is 11.9. The number of nitrogens with two attached hydrogens (primary N) is 2. The van der Waals surface area contributed by atoms with Crippen LogP contribution in [-0.2, 0) is 20.8 Å². The second-order valence-electron chi connectivity index (χ2n) is 4.87. The Hall–Kier alpha value is -2.37. The van der Waals surface area contributed by atoms with Crippen LogP contribution in [0.1, 0.15) is 18.4 Å². The number of likely N-dealkylation sites (tertiary alicyclic amines) is 1. The number of hydrogen-bond acceptors (Lipinski definition) is 3. The van der Waals surface area contributed by atoms with Crippen molar-refractivity contribution in [3.05, 3.63) is 35.9 Å². The lowest BCUT2D eigenvalue weighted by Gasteiger charge is -2.29. The number of amides is 3. The highest BCUT2D eigenvalue weighted by Gasteiger charge is 2.41. The summed E-state index contributed by atoms with van der Waals surface area (Å²) in [6, 6.07) is 7.63. The molecule has 6 nitrogen and oxygen atoms in total. The van der Waals surface area contributed by atoms with E-state index >= 15 is 0 Å². The zero-order chi connectivity index (χ0) is 14.7. The van der Waals surface area contributed by atoms with E-state index in [2.05, 4.69) is 0 Å². The van der Waals surface area contributed by atoms with E-state index in [0.29, 0.717) is 6.42 Å². The minimum atomic E-state index is -0.843. The molecule has 4 N–H and O–H groups in total. The summed E-state index contributed by atoms with van der Waals surface area (Å²) in [5, 5.41) is 0. The molecule has 1 unspecified atom stereocenters. The minimum Gasteiger partial charge on any atom is -0.368 e. The Morgan fingerprint density at radius 2 is 1.90 bits per heavy atom. The molecule has 0 spiro atoms. The van der Waals surface area contributed by atoms with Gasteiger partial charge in [-0.25, -0.2) is 0 Å². The van der Waals surface area contributed by atoms with Crippen molar-refractivity contribution in [2.75, 3.05) is 0 Å². The first-order valence-corrected chi connectivity index (χ1v) is 6.44. The molecular weight excluding hydrogens is 258 g/mol. The lowest BCUT2D eigenvalue weighted by atomic mass is 10.0. The van der Waals surface area contributed by atoms with Gasteiger partial charge in [-0.1, -0.05) is 30.3 Å². The van der Waals surface area contributed by atoms with Crippen LogP contribution in [0.25, 0.3) is 0 Å². The van der Waals surface area contributed by atoms with E-state index in [9.17, 15) is 14.4 Å². The van der Waals surface area contributed by atoms with Gasteiger partial charge in [-0.2, -0.15) is 0 Å². The van der Waals surface area contributed by atoms with Crippen molar-refractivity contribution in [3.63, 3.8) is 0 Å². The maximum Gasteiger partial charge on any atom is 0.240 e. The third kappa shape index (κ3) is 2.79. The van der Waals surface area contributed by atoms with Crippen LogP contribution in [0.3, 0.4) is 0 Å². The van der Waals surface area contributed by atoms with Crippen LogP contribution in [0.4, 0.5) is 0 Å². The van der Waals surface area contributed by atoms with Crippen molar-refractivity contribution in [3.8, 4) is 0 Å². The molecule has 1 saturated heterocycles. The first-order chi connectivity index (χ1) is 9.50. The Labute approximate surface area is 116 Å². The molecule has 1 fully saturated rings. The number of primary amides is 2. The van der Waals surface area contributed by atoms with E-state index in [1.54, 1.807) is 0 Å². The van der Waals surface area contributed by atoms with Gasteiger partial charge in [-0.15, -0.1) is 0 Å². The Kier molecular flexibility index (Phi) is 4.02. The molecule has 0 aliphatic carbocycles. The van der Waals surface area contributed by atoms with Gasteiger partial charge in [0.2, 0.25) is 17.7 Å². The van der Waals surface area contributed by atoms with Gasteiger partial charge in [-0.05, 0) is 12.0 Å². The van der Waals surface area contributed by atoms with E-state index in [0.717, 1.165) is 5.56 Å². The predicted octanol–water partition coefficient (Wildman–Crippen LogP) is -0.441. The smallest absolute Gasteiger partial charge is 0.240 e. The molecule has 0 aromatic heterocycles. The summed E-state index contributed by atoms with van der Waals surface area (Å²) in [4.78, 5) is 36.3. The van der Waals surface area contributed by atoms with Crippen LogP contribution < -0.4 is 11.5 Å². The van der Waals surface area contributed by atoms with Gasteiger partial charge >= 0.3 is 0 Å². The average Bonchev–Trinajstić information content (AvgIpc) is 2.79. The second-order valence-corrected chi connectivity index (χ2v) is 4.87. The molecule has 0 saturated carbocycles. The summed E-state index contributed by atoms with van der Waals surface area (Å²) in [5.41, 5.74) is 11.6. The lowest BCUT2D eigenvalue weighted by Crippen LogP contribution is -2.53. The molecule has 3 amide bonds. The third-order valence-corrected chi connectivity index (χ3v) is 3.52. The fourth-order valence-electron chi connectivity index (χ4n) is 2.55. The van der Waals surface area contributed by atoms with Gasteiger partial charge in [0.25, 0.3) is 0 Å². The molecule has 106 valence electrons. The van der Waals surface area contributed by atoms with Crippen molar-refractivity contribution >= 4 is 17.7 Å². The Bertz CT molecular complexity index is 530.